The lowest BCUT2D eigenvalue weighted by Crippen LogP contribution is -2.51. The smallest absolute Gasteiger partial charge is 0.328 e. The number of H-pyrrole nitrogens is 1. The molecular formula is C17H24N4O5. The van der Waals surface area contributed by atoms with Crippen LogP contribution in [0.4, 0.5) is 0 Å². The molecule has 3 rings (SSSR count). The standard InChI is InChI=1S/C17H24N4O5/c1-19-10-12(13(22)18-16(19)25)14(23)21-7-5-17(11-21)4-3-6-20(15(17)24)8-9-26-2/h10H,3-9,11H2,1-2H3,(H,18,22,25)/t17-/m0/s1. The van der Waals surface area contributed by atoms with E-state index in [0.29, 0.717) is 39.2 Å². The maximum atomic E-state index is 12.9. The van der Waals surface area contributed by atoms with Gasteiger partial charge in [0.1, 0.15) is 5.56 Å². The molecule has 142 valence electrons. The Hall–Kier alpha value is -2.42. The zero-order valence-electron chi connectivity index (χ0n) is 15.1. The number of aryl methyl sites for hydroxylation is 1. The van der Waals surface area contributed by atoms with Gasteiger partial charge < -0.3 is 19.1 Å². The van der Waals surface area contributed by atoms with Crippen molar-refractivity contribution in [3.05, 3.63) is 32.6 Å². The Morgan fingerprint density at radius 1 is 1.27 bits per heavy atom. The summed E-state index contributed by atoms with van der Waals surface area (Å²) in [5.74, 6) is -0.383. The monoisotopic (exact) mass is 364 g/mol. The van der Waals surface area contributed by atoms with Crippen molar-refractivity contribution in [1.29, 1.82) is 0 Å². The van der Waals surface area contributed by atoms with Crippen molar-refractivity contribution < 1.29 is 14.3 Å². The molecule has 0 radical (unpaired) electrons. The average molecular weight is 364 g/mol. The number of hydrogen-bond acceptors (Lipinski definition) is 5. The molecule has 1 spiro atoms. The predicted octanol–water partition coefficient (Wildman–Crippen LogP) is -0.825. The lowest BCUT2D eigenvalue weighted by Gasteiger charge is -2.39. The third-order valence-electron chi connectivity index (χ3n) is 5.37. The third kappa shape index (κ3) is 3.18. The van der Waals surface area contributed by atoms with E-state index < -0.39 is 22.6 Å². The summed E-state index contributed by atoms with van der Waals surface area (Å²) in [6.07, 6.45) is 3.47. The Morgan fingerprint density at radius 2 is 2.04 bits per heavy atom. The summed E-state index contributed by atoms with van der Waals surface area (Å²) in [4.78, 5) is 54.7. The van der Waals surface area contributed by atoms with Crippen molar-refractivity contribution in [3.8, 4) is 0 Å². The van der Waals surface area contributed by atoms with E-state index in [-0.39, 0.29) is 11.5 Å². The number of carbonyl (C=O) groups excluding carboxylic acids is 2. The minimum Gasteiger partial charge on any atom is -0.383 e. The molecule has 0 bridgehead atoms. The molecule has 0 aromatic carbocycles. The number of rotatable bonds is 4. The zero-order valence-corrected chi connectivity index (χ0v) is 15.1. The van der Waals surface area contributed by atoms with Crippen LogP contribution in [0, 0.1) is 5.41 Å². The molecule has 2 amide bonds. The second kappa shape index (κ2) is 7.06. The normalized spacial score (nSPS) is 23.1. The molecule has 9 heteroatoms. The highest BCUT2D eigenvalue weighted by atomic mass is 16.5. The van der Waals surface area contributed by atoms with E-state index in [1.54, 1.807) is 16.9 Å². The lowest BCUT2D eigenvalue weighted by molar-refractivity contribution is -0.146. The van der Waals surface area contributed by atoms with Gasteiger partial charge in [0.15, 0.2) is 0 Å². The maximum absolute atomic E-state index is 12.9. The molecule has 0 saturated carbocycles. The number of nitrogens with one attached hydrogen (secondary N) is 1. The second-order valence-electron chi connectivity index (χ2n) is 7.06. The summed E-state index contributed by atoms with van der Waals surface area (Å²) in [5, 5.41) is 0. The van der Waals surface area contributed by atoms with Crippen molar-refractivity contribution in [2.45, 2.75) is 19.3 Å². The van der Waals surface area contributed by atoms with Gasteiger partial charge in [0.25, 0.3) is 11.5 Å². The number of amides is 2. The van der Waals surface area contributed by atoms with Gasteiger partial charge >= 0.3 is 5.69 Å². The maximum Gasteiger partial charge on any atom is 0.328 e. The van der Waals surface area contributed by atoms with Gasteiger partial charge in [0.2, 0.25) is 5.91 Å². The first-order valence-electron chi connectivity index (χ1n) is 8.75. The van der Waals surface area contributed by atoms with Crippen molar-refractivity contribution in [1.82, 2.24) is 19.4 Å². The van der Waals surface area contributed by atoms with Gasteiger partial charge in [-0.25, -0.2) is 4.79 Å². The Morgan fingerprint density at radius 3 is 2.77 bits per heavy atom. The van der Waals surface area contributed by atoms with Crippen molar-refractivity contribution in [2.75, 3.05) is 39.9 Å². The van der Waals surface area contributed by atoms with Gasteiger partial charge in [-0.15, -0.1) is 0 Å². The fraction of sp³-hybridized carbons (Fsp3) is 0.647. The summed E-state index contributed by atoms with van der Waals surface area (Å²) in [5.41, 5.74) is -1.92. The van der Waals surface area contributed by atoms with Crippen LogP contribution in [-0.2, 0) is 16.6 Å². The van der Waals surface area contributed by atoms with Gasteiger partial charge in [-0.3, -0.25) is 19.4 Å². The number of hydrogen-bond donors (Lipinski definition) is 1. The minimum atomic E-state index is -0.698. The molecular weight excluding hydrogens is 340 g/mol. The van der Waals surface area contributed by atoms with E-state index in [4.69, 9.17) is 4.74 Å². The van der Waals surface area contributed by atoms with Gasteiger partial charge in [-0.05, 0) is 19.3 Å². The molecule has 9 nitrogen and oxygen atoms in total. The van der Waals surface area contributed by atoms with Gasteiger partial charge in [-0.2, -0.15) is 0 Å². The van der Waals surface area contributed by atoms with Crippen LogP contribution in [0.25, 0.3) is 0 Å². The number of ether oxygens (including phenoxy) is 1. The highest BCUT2D eigenvalue weighted by molar-refractivity contribution is 5.95. The molecule has 26 heavy (non-hydrogen) atoms. The van der Waals surface area contributed by atoms with Crippen LogP contribution in [0.1, 0.15) is 29.6 Å². The van der Waals surface area contributed by atoms with Crippen LogP contribution in [0.2, 0.25) is 0 Å². The van der Waals surface area contributed by atoms with E-state index in [0.717, 1.165) is 12.8 Å². The molecule has 2 saturated heterocycles. The van der Waals surface area contributed by atoms with Gasteiger partial charge in [0, 0.05) is 46.5 Å². The van der Waals surface area contributed by atoms with E-state index in [1.807, 2.05) is 0 Å². The van der Waals surface area contributed by atoms with E-state index in [2.05, 4.69) is 4.98 Å². The van der Waals surface area contributed by atoms with E-state index in [9.17, 15) is 19.2 Å². The molecule has 2 fully saturated rings. The molecule has 1 aromatic rings. The first-order chi connectivity index (χ1) is 12.4. The summed E-state index contributed by atoms with van der Waals surface area (Å²) in [7, 11) is 3.07. The van der Waals surface area contributed by atoms with Crippen LogP contribution in [0.15, 0.2) is 15.8 Å². The molecule has 2 aliphatic heterocycles. The highest BCUT2D eigenvalue weighted by Crippen LogP contribution is 2.40. The summed E-state index contributed by atoms with van der Waals surface area (Å²) < 4.78 is 6.24. The molecule has 3 heterocycles. The third-order valence-corrected chi connectivity index (χ3v) is 5.37. The van der Waals surface area contributed by atoms with Crippen molar-refractivity contribution >= 4 is 11.8 Å². The number of nitrogens with zero attached hydrogens (tertiary/aromatic N) is 3. The van der Waals surface area contributed by atoms with Crippen LogP contribution < -0.4 is 11.2 Å². The first kappa shape index (κ1) is 18.4. The molecule has 0 aliphatic carbocycles. The average Bonchev–Trinajstić information content (AvgIpc) is 3.04. The van der Waals surface area contributed by atoms with Crippen molar-refractivity contribution in [2.24, 2.45) is 12.5 Å². The van der Waals surface area contributed by atoms with Crippen molar-refractivity contribution in [3.63, 3.8) is 0 Å². The Kier molecular flexibility index (Phi) is 4.99. The van der Waals surface area contributed by atoms with Crippen LogP contribution in [0.5, 0.6) is 0 Å². The molecule has 2 aliphatic rings. The van der Waals surface area contributed by atoms with Gasteiger partial charge in [-0.1, -0.05) is 0 Å². The van der Waals surface area contributed by atoms with Crippen LogP contribution in [-0.4, -0.2) is 71.1 Å². The molecule has 0 unspecified atom stereocenters. The number of carbonyl (C=O) groups is 2. The summed E-state index contributed by atoms with van der Waals surface area (Å²) in [6.45, 7) is 2.46. The summed E-state index contributed by atoms with van der Waals surface area (Å²) >= 11 is 0. The molecule has 1 atom stereocenters. The fourth-order valence-electron chi connectivity index (χ4n) is 3.88. The number of methoxy groups -OCH3 is 1. The largest absolute Gasteiger partial charge is 0.383 e. The second-order valence-corrected chi connectivity index (χ2v) is 7.06. The number of piperidine rings is 1. The number of aromatic amines is 1. The summed E-state index contributed by atoms with van der Waals surface area (Å²) in [6, 6.07) is 0. The SMILES string of the molecule is COCCN1CCC[C@@]2(CCN(C(=O)c3cn(C)c(=O)[nH]c3=O)C2)C1=O. The topological polar surface area (TPSA) is 105 Å². The highest BCUT2D eigenvalue weighted by Gasteiger charge is 2.49. The molecule has 1 aromatic heterocycles. The van der Waals surface area contributed by atoms with Crippen LogP contribution in [0.3, 0.4) is 0 Å². The van der Waals surface area contributed by atoms with E-state index >= 15 is 0 Å². The zero-order chi connectivity index (χ0) is 18.9. The lowest BCUT2D eigenvalue weighted by atomic mass is 9.78. The Bertz CT molecular complexity index is 829. The fourth-order valence-corrected chi connectivity index (χ4v) is 3.88. The number of likely N-dealkylation sites (tertiary alicyclic amines) is 2. The predicted molar refractivity (Wildman–Crippen MR) is 92.9 cm³/mol. The molecule has 1 N–H and O–H groups in total. The number of aromatic nitrogens is 2. The van der Waals surface area contributed by atoms with E-state index in [1.165, 1.54) is 17.8 Å². The van der Waals surface area contributed by atoms with Gasteiger partial charge in [0.05, 0.1) is 12.0 Å². The van der Waals surface area contributed by atoms with Crippen LogP contribution >= 0.6 is 0 Å². The minimum absolute atomic E-state index is 0.0606. The Balaban J connectivity index is 1.78. The first-order valence-corrected chi connectivity index (χ1v) is 8.75. The quantitative estimate of drug-likeness (QED) is 0.751. The Labute approximate surface area is 150 Å².